The predicted octanol–water partition coefficient (Wildman–Crippen LogP) is 0.569. The van der Waals surface area contributed by atoms with Crippen molar-refractivity contribution in [3.05, 3.63) is 17.7 Å². The third-order valence-electron chi connectivity index (χ3n) is 1.68. The van der Waals surface area contributed by atoms with E-state index in [1.807, 2.05) is 0 Å². The number of carbonyl (C=O) groups is 1. The van der Waals surface area contributed by atoms with E-state index in [1.54, 1.807) is 0 Å². The van der Waals surface area contributed by atoms with Crippen molar-refractivity contribution in [3.8, 4) is 11.6 Å². The number of rotatable bonds is 4. The molecule has 0 aromatic carbocycles. The fourth-order valence-corrected chi connectivity index (χ4v) is 1.04. The smallest absolute Gasteiger partial charge is 0.377 e. The summed E-state index contributed by atoms with van der Waals surface area (Å²) in [6, 6.07) is 1.53. The lowest BCUT2D eigenvalue weighted by Gasteiger charge is -1.87. The minimum absolute atomic E-state index is 0.0106. The third-order valence-corrected chi connectivity index (χ3v) is 1.68. The van der Waals surface area contributed by atoms with Crippen LogP contribution >= 0.6 is 0 Å². The number of hydrogen-bond acceptors (Lipinski definition) is 7. The number of carboxylic acid groups (broad SMARTS) is 1. The number of ether oxygens (including phenoxy) is 1. The maximum atomic E-state index is 10.5. The first kappa shape index (κ1) is 10.3. The summed E-state index contributed by atoms with van der Waals surface area (Å²) in [6.07, 6.45) is 0. The van der Waals surface area contributed by atoms with Crippen LogP contribution in [0.1, 0.15) is 16.4 Å². The molecule has 2 aromatic heterocycles. The van der Waals surface area contributed by atoms with Gasteiger partial charge in [0.15, 0.2) is 11.5 Å². The topological polar surface area (TPSA) is 111 Å². The zero-order valence-electron chi connectivity index (χ0n) is 8.21. The van der Waals surface area contributed by atoms with Crippen molar-refractivity contribution in [2.24, 2.45) is 0 Å². The van der Waals surface area contributed by atoms with Crippen molar-refractivity contribution < 1.29 is 23.7 Å². The van der Waals surface area contributed by atoms with Gasteiger partial charge in [0.05, 0.1) is 0 Å². The van der Waals surface area contributed by atoms with Crippen LogP contribution in [-0.2, 0) is 11.3 Å². The number of aromatic nitrogens is 3. The van der Waals surface area contributed by atoms with Crippen molar-refractivity contribution in [2.45, 2.75) is 6.61 Å². The summed E-state index contributed by atoms with van der Waals surface area (Å²) in [5.41, 5.74) is 0.270. The zero-order chi connectivity index (χ0) is 11.5. The van der Waals surface area contributed by atoms with Gasteiger partial charge in [-0.1, -0.05) is 5.16 Å². The molecule has 2 heterocycles. The van der Waals surface area contributed by atoms with Gasteiger partial charge in [-0.2, -0.15) is 4.98 Å². The van der Waals surface area contributed by atoms with Gasteiger partial charge in [0.1, 0.15) is 6.61 Å². The second-order valence-electron chi connectivity index (χ2n) is 2.84. The number of aromatic carboxylic acids is 1. The quantitative estimate of drug-likeness (QED) is 0.803. The Kier molecular flexibility index (Phi) is 2.64. The van der Waals surface area contributed by atoms with Crippen molar-refractivity contribution in [2.75, 3.05) is 7.11 Å². The normalized spacial score (nSPS) is 10.6. The highest BCUT2D eigenvalue weighted by Crippen LogP contribution is 2.17. The predicted molar refractivity (Wildman–Crippen MR) is 47.5 cm³/mol. The molecule has 2 rings (SSSR count). The minimum atomic E-state index is -1.27. The highest BCUT2D eigenvalue weighted by Gasteiger charge is 2.17. The lowest BCUT2D eigenvalue weighted by molar-refractivity contribution is 0.0680. The molecule has 0 spiro atoms. The second kappa shape index (κ2) is 4.11. The molecule has 0 aliphatic carbocycles. The lowest BCUT2D eigenvalue weighted by atomic mass is 10.4. The average molecular weight is 225 g/mol. The SMILES string of the molecule is COCc1cc(-c2nc(C(=O)O)no2)no1. The Morgan fingerprint density at radius 1 is 1.50 bits per heavy atom. The van der Waals surface area contributed by atoms with Gasteiger partial charge >= 0.3 is 5.97 Å². The van der Waals surface area contributed by atoms with Crippen LogP contribution in [0.25, 0.3) is 11.6 Å². The van der Waals surface area contributed by atoms with Gasteiger partial charge in [-0.25, -0.2) is 4.79 Å². The summed E-state index contributed by atoms with van der Waals surface area (Å²) in [7, 11) is 1.51. The molecule has 8 heteroatoms. The van der Waals surface area contributed by atoms with E-state index in [0.29, 0.717) is 5.76 Å². The Morgan fingerprint density at radius 2 is 2.31 bits per heavy atom. The van der Waals surface area contributed by atoms with E-state index in [4.69, 9.17) is 18.9 Å². The monoisotopic (exact) mass is 225 g/mol. The maximum absolute atomic E-state index is 10.5. The molecule has 0 amide bonds. The molecule has 0 radical (unpaired) electrons. The van der Waals surface area contributed by atoms with Crippen LogP contribution in [-0.4, -0.2) is 33.5 Å². The van der Waals surface area contributed by atoms with Gasteiger partial charge in [0.25, 0.3) is 11.7 Å². The number of nitrogens with zero attached hydrogens (tertiary/aromatic N) is 3. The first-order valence-corrected chi connectivity index (χ1v) is 4.22. The average Bonchev–Trinajstić information content (AvgIpc) is 2.84. The molecule has 0 aliphatic heterocycles. The van der Waals surface area contributed by atoms with E-state index in [1.165, 1.54) is 13.2 Å². The number of hydrogen-bond donors (Lipinski definition) is 1. The molecular weight excluding hydrogens is 218 g/mol. The van der Waals surface area contributed by atoms with E-state index in [0.717, 1.165) is 0 Å². The van der Waals surface area contributed by atoms with E-state index in [2.05, 4.69) is 15.3 Å². The zero-order valence-corrected chi connectivity index (χ0v) is 8.21. The number of carboxylic acids is 1. The highest BCUT2D eigenvalue weighted by atomic mass is 16.5. The van der Waals surface area contributed by atoms with Gasteiger partial charge < -0.3 is 18.9 Å². The van der Waals surface area contributed by atoms with Crippen LogP contribution in [0, 0.1) is 0 Å². The molecule has 0 saturated heterocycles. The highest BCUT2D eigenvalue weighted by molar-refractivity contribution is 5.83. The molecule has 8 nitrogen and oxygen atoms in total. The van der Waals surface area contributed by atoms with E-state index < -0.39 is 11.8 Å². The van der Waals surface area contributed by atoms with Crippen LogP contribution < -0.4 is 0 Å². The molecule has 0 atom stereocenters. The summed E-state index contributed by atoms with van der Waals surface area (Å²) < 4.78 is 14.4. The number of methoxy groups -OCH3 is 1. The molecule has 0 unspecified atom stereocenters. The molecule has 1 N–H and O–H groups in total. The lowest BCUT2D eigenvalue weighted by Crippen LogP contribution is -1.98. The van der Waals surface area contributed by atoms with Crippen molar-refractivity contribution in [1.29, 1.82) is 0 Å². The van der Waals surface area contributed by atoms with Gasteiger partial charge in [-0.05, 0) is 5.16 Å². The Balaban J connectivity index is 2.24. The fraction of sp³-hybridized carbons (Fsp3) is 0.250. The Labute approximate surface area is 88.8 Å². The molecule has 84 valence electrons. The molecule has 16 heavy (non-hydrogen) atoms. The molecule has 2 aromatic rings. The van der Waals surface area contributed by atoms with E-state index >= 15 is 0 Å². The van der Waals surface area contributed by atoms with Crippen molar-refractivity contribution >= 4 is 5.97 Å². The van der Waals surface area contributed by atoms with Crippen LogP contribution in [0.4, 0.5) is 0 Å². The standard InChI is InChI=1S/C8H7N3O5/c1-14-3-4-2-5(10-15-4)7-9-6(8(12)13)11-16-7/h2H,3H2,1H3,(H,12,13). The molecule has 0 fully saturated rings. The summed E-state index contributed by atoms with van der Waals surface area (Å²) in [4.78, 5) is 14.1. The Bertz CT molecular complexity index is 503. The second-order valence-corrected chi connectivity index (χ2v) is 2.84. The van der Waals surface area contributed by atoms with Crippen LogP contribution in [0.3, 0.4) is 0 Å². The fourth-order valence-electron chi connectivity index (χ4n) is 1.04. The Hall–Kier alpha value is -2.22. The van der Waals surface area contributed by atoms with Gasteiger partial charge in [-0.3, -0.25) is 0 Å². The Morgan fingerprint density at radius 3 is 2.94 bits per heavy atom. The van der Waals surface area contributed by atoms with Crippen LogP contribution in [0.5, 0.6) is 0 Å². The summed E-state index contributed by atoms with van der Waals surface area (Å²) in [6.45, 7) is 0.257. The first-order valence-electron chi connectivity index (χ1n) is 4.22. The van der Waals surface area contributed by atoms with Crippen LogP contribution in [0.2, 0.25) is 0 Å². The third kappa shape index (κ3) is 1.91. The van der Waals surface area contributed by atoms with Gasteiger partial charge in [0.2, 0.25) is 0 Å². The van der Waals surface area contributed by atoms with Crippen molar-refractivity contribution in [1.82, 2.24) is 15.3 Å². The van der Waals surface area contributed by atoms with E-state index in [-0.39, 0.29) is 18.2 Å². The maximum Gasteiger partial charge on any atom is 0.377 e. The summed E-state index contributed by atoms with van der Waals surface area (Å²) in [5.74, 6) is -1.22. The first-order chi connectivity index (χ1) is 7.70. The van der Waals surface area contributed by atoms with E-state index in [9.17, 15) is 4.79 Å². The molecule has 0 aliphatic rings. The van der Waals surface area contributed by atoms with Gasteiger partial charge in [0, 0.05) is 13.2 Å². The van der Waals surface area contributed by atoms with Gasteiger partial charge in [-0.15, -0.1) is 0 Å². The minimum Gasteiger partial charge on any atom is -0.475 e. The van der Waals surface area contributed by atoms with Crippen LogP contribution in [0.15, 0.2) is 15.1 Å². The largest absolute Gasteiger partial charge is 0.475 e. The molecular formula is C8H7N3O5. The molecule has 0 bridgehead atoms. The summed E-state index contributed by atoms with van der Waals surface area (Å²) in [5, 5.41) is 15.5. The van der Waals surface area contributed by atoms with Crippen molar-refractivity contribution in [3.63, 3.8) is 0 Å². The molecule has 0 saturated carbocycles. The summed E-state index contributed by atoms with van der Waals surface area (Å²) >= 11 is 0.